The number of carboxylic acids is 1. The Hall–Kier alpha value is -4.20. The summed E-state index contributed by atoms with van der Waals surface area (Å²) in [5.74, 6) is 0.109. The van der Waals surface area contributed by atoms with E-state index in [0.717, 1.165) is 42.6 Å². The Morgan fingerprint density at radius 1 is 0.943 bits per heavy atom. The van der Waals surface area contributed by atoms with Crippen LogP contribution in [0, 0.1) is 0 Å². The van der Waals surface area contributed by atoms with E-state index in [4.69, 9.17) is 4.98 Å². The van der Waals surface area contributed by atoms with Gasteiger partial charge in [-0.3, -0.25) is 9.59 Å². The van der Waals surface area contributed by atoms with Crippen LogP contribution in [-0.2, 0) is 6.54 Å². The van der Waals surface area contributed by atoms with Crippen LogP contribution in [0.4, 0.5) is 0 Å². The maximum atomic E-state index is 11.8. The molecule has 8 heteroatoms. The Kier molecular flexibility index (Phi) is 6.18. The third-order valence-corrected chi connectivity index (χ3v) is 6.70. The number of carbonyl (C=O) groups excluding carboxylic acids is 2. The van der Waals surface area contributed by atoms with Gasteiger partial charge in [-0.25, -0.2) is 9.78 Å². The third-order valence-electron chi connectivity index (χ3n) is 6.70. The highest BCUT2D eigenvalue weighted by Crippen LogP contribution is 2.35. The smallest absolute Gasteiger partial charge is 0.336 e. The van der Waals surface area contributed by atoms with Gasteiger partial charge in [0.2, 0.25) is 0 Å². The summed E-state index contributed by atoms with van der Waals surface area (Å²) in [6.07, 6.45) is 6.70. The van der Waals surface area contributed by atoms with Crippen molar-refractivity contribution in [2.75, 3.05) is 0 Å². The quantitative estimate of drug-likeness (QED) is 0.383. The minimum absolute atomic E-state index is 0.127. The normalized spacial score (nSPS) is 14.2. The Labute approximate surface area is 201 Å². The van der Waals surface area contributed by atoms with Gasteiger partial charge in [-0.1, -0.05) is 61.7 Å². The molecular formula is C27H24N4O4. The molecule has 176 valence electrons. The summed E-state index contributed by atoms with van der Waals surface area (Å²) in [4.78, 5) is 39.9. The van der Waals surface area contributed by atoms with Crippen LogP contribution in [0.5, 0.6) is 0 Å². The van der Waals surface area contributed by atoms with Gasteiger partial charge >= 0.3 is 5.97 Å². The monoisotopic (exact) mass is 468 g/mol. The lowest BCUT2D eigenvalue weighted by atomic mass is 9.88. The van der Waals surface area contributed by atoms with Crippen LogP contribution < -0.4 is 0 Å². The molecule has 8 nitrogen and oxygen atoms in total. The van der Waals surface area contributed by atoms with Crippen LogP contribution in [0.15, 0.2) is 48.5 Å². The molecule has 35 heavy (non-hydrogen) atoms. The molecule has 1 aliphatic carbocycles. The first-order valence-electron chi connectivity index (χ1n) is 11.7. The zero-order valence-corrected chi connectivity index (χ0v) is 19.1. The van der Waals surface area contributed by atoms with Gasteiger partial charge < -0.3 is 9.67 Å². The molecule has 0 bridgehead atoms. The highest BCUT2D eigenvalue weighted by Gasteiger charge is 2.26. The van der Waals surface area contributed by atoms with Crippen molar-refractivity contribution in [2.45, 2.75) is 44.6 Å². The summed E-state index contributed by atoms with van der Waals surface area (Å²) in [7, 11) is 0. The van der Waals surface area contributed by atoms with Crippen LogP contribution in [0.2, 0.25) is 0 Å². The summed E-state index contributed by atoms with van der Waals surface area (Å²) in [5.41, 5.74) is 3.88. The van der Waals surface area contributed by atoms with Gasteiger partial charge in [0.15, 0.2) is 24.0 Å². The van der Waals surface area contributed by atoms with Crippen LogP contribution in [0.25, 0.3) is 22.2 Å². The van der Waals surface area contributed by atoms with Crippen molar-refractivity contribution in [3.05, 3.63) is 76.9 Å². The van der Waals surface area contributed by atoms with E-state index in [1.165, 1.54) is 6.42 Å². The van der Waals surface area contributed by atoms with Crippen LogP contribution in [-0.4, -0.2) is 43.4 Å². The first-order valence-corrected chi connectivity index (χ1v) is 11.7. The highest BCUT2D eigenvalue weighted by atomic mass is 16.4. The number of benzene rings is 2. The minimum Gasteiger partial charge on any atom is -0.478 e. The number of aromatic nitrogens is 4. The molecule has 1 fully saturated rings. The molecular weight excluding hydrogens is 444 g/mol. The van der Waals surface area contributed by atoms with Crippen molar-refractivity contribution < 1.29 is 19.5 Å². The molecule has 0 aliphatic heterocycles. The Balaban J connectivity index is 1.58. The molecule has 2 aromatic carbocycles. The van der Waals surface area contributed by atoms with Crippen molar-refractivity contribution in [1.82, 2.24) is 19.7 Å². The number of aromatic carboxylic acids is 1. The number of imidazole rings is 1. The Morgan fingerprint density at radius 3 is 2.31 bits per heavy atom. The number of nitrogens with zero attached hydrogens (tertiary/aromatic N) is 4. The molecule has 4 aromatic rings. The van der Waals surface area contributed by atoms with Gasteiger partial charge in [0.05, 0.1) is 5.56 Å². The third kappa shape index (κ3) is 4.23. The molecule has 1 aliphatic rings. The number of carboxylic acid groups (broad SMARTS) is 1. The van der Waals surface area contributed by atoms with Crippen molar-refractivity contribution in [3.63, 3.8) is 0 Å². The van der Waals surface area contributed by atoms with E-state index in [9.17, 15) is 19.5 Å². The lowest BCUT2D eigenvalue weighted by Gasteiger charge is -2.22. The maximum absolute atomic E-state index is 11.8. The minimum atomic E-state index is -0.972. The van der Waals surface area contributed by atoms with E-state index in [1.807, 2.05) is 34.9 Å². The summed E-state index contributed by atoms with van der Waals surface area (Å²) in [6, 6.07) is 14.6. The molecule has 0 saturated heterocycles. The lowest BCUT2D eigenvalue weighted by Crippen LogP contribution is -2.13. The van der Waals surface area contributed by atoms with E-state index in [0.29, 0.717) is 35.7 Å². The molecule has 0 spiro atoms. The Bertz CT molecular complexity index is 1420. The molecule has 0 atom stereocenters. The molecule has 0 unspecified atom stereocenters. The number of rotatable bonds is 7. The summed E-state index contributed by atoms with van der Waals surface area (Å²) in [6.45, 7) is 0.439. The number of aldehydes is 2. The number of hydrogen-bond donors (Lipinski definition) is 1. The zero-order chi connectivity index (χ0) is 24.4. The SMILES string of the molecule is O=Cc1nnc(C=O)c2c1nc(C1CCCCC1)n2Cc1ccc(-c2ccccc2C(=O)O)cc1. The largest absolute Gasteiger partial charge is 0.478 e. The van der Waals surface area contributed by atoms with Gasteiger partial charge in [0.1, 0.15) is 16.9 Å². The Morgan fingerprint density at radius 2 is 1.63 bits per heavy atom. The molecule has 0 radical (unpaired) electrons. The fourth-order valence-corrected chi connectivity index (χ4v) is 5.00. The average Bonchev–Trinajstić information content (AvgIpc) is 3.28. The summed E-state index contributed by atoms with van der Waals surface area (Å²) < 4.78 is 2.00. The van der Waals surface area contributed by atoms with Crippen molar-refractivity contribution in [2.24, 2.45) is 0 Å². The maximum Gasteiger partial charge on any atom is 0.336 e. The van der Waals surface area contributed by atoms with Crippen molar-refractivity contribution >= 4 is 29.6 Å². The topological polar surface area (TPSA) is 115 Å². The molecule has 0 amide bonds. The van der Waals surface area contributed by atoms with E-state index in [-0.39, 0.29) is 22.9 Å². The second-order valence-electron chi connectivity index (χ2n) is 8.84. The molecule has 2 heterocycles. The predicted molar refractivity (Wildman–Crippen MR) is 130 cm³/mol. The number of carbonyl (C=O) groups is 3. The number of hydrogen-bond acceptors (Lipinski definition) is 6. The highest BCUT2D eigenvalue weighted by molar-refractivity contribution is 5.99. The fourth-order valence-electron chi connectivity index (χ4n) is 5.00. The average molecular weight is 469 g/mol. The van der Waals surface area contributed by atoms with Gasteiger partial charge in [0.25, 0.3) is 0 Å². The standard InChI is InChI=1S/C27H24N4O4/c32-15-22-24-25(23(16-33)30-29-22)31(26(28-24)19-6-2-1-3-7-19)14-17-10-12-18(13-11-17)20-8-4-5-9-21(20)27(34)35/h4-5,8-13,15-16,19H,1-3,6-7,14H2,(H,34,35). The van der Waals surface area contributed by atoms with Gasteiger partial charge in [-0.15, -0.1) is 10.2 Å². The van der Waals surface area contributed by atoms with E-state index < -0.39 is 5.97 Å². The second kappa shape index (κ2) is 9.58. The summed E-state index contributed by atoms with van der Waals surface area (Å²) in [5, 5.41) is 17.4. The van der Waals surface area contributed by atoms with Gasteiger partial charge in [0, 0.05) is 12.5 Å². The first-order chi connectivity index (χ1) is 17.1. The van der Waals surface area contributed by atoms with Crippen LogP contribution in [0.3, 0.4) is 0 Å². The lowest BCUT2D eigenvalue weighted by molar-refractivity contribution is 0.0697. The van der Waals surface area contributed by atoms with E-state index in [1.54, 1.807) is 18.2 Å². The van der Waals surface area contributed by atoms with Gasteiger partial charge in [-0.2, -0.15) is 0 Å². The first kappa shape index (κ1) is 22.6. The van der Waals surface area contributed by atoms with Gasteiger partial charge in [-0.05, 0) is 35.6 Å². The van der Waals surface area contributed by atoms with E-state index in [2.05, 4.69) is 10.2 Å². The van der Waals surface area contributed by atoms with E-state index >= 15 is 0 Å². The zero-order valence-electron chi connectivity index (χ0n) is 19.1. The molecule has 1 N–H and O–H groups in total. The van der Waals surface area contributed by atoms with Crippen LogP contribution in [0.1, 0.15) is 80.7 Å². The predicted octanol–water partition coefficient (Wildman–Crippen LogP) is 4.91. The molecule has 2 aromatic heterocycles. The fraction of sp³-hybridized carbons (Fsp3) is 0.259. The number of fused-ring (bicyclic) bond motifs is 1. The second-order valence-corrected chi connectivity index (χ2v) is 8.84. The molecule has 5 rings (SSSR count). The van der Waals surface area contributed by atoms with Crippen molar-refractivity contribution in [1.29, 1.82) is 0 Å². The summed E-state index contributed by atoms with van der Waals surface area (Å²) >= 11 is 0. The molecule has 1 saturated carbocycles. The van der Waals surface area contributed by atoms with Crippen molar-refractivity contribution in [3.8, 4) is 11.1 Å². The van der Waals surface area contributed by atoms with Crippen LogP contribution >= 0.6 is 0 Å².